The molecule has 0 radical (unpaired) electrons. The molecule has 192 valence electrons. The van der Waals surface area contributed by atoms with Gasteiger partial charge in [-0.2, -0.15) is 0 Å². The first-order chi connectivity index (χ1) is 16.5. The van der Waals surface area contributed by atoms with Gasteiger partial charge in [0.25, 0.3) is 0 Å². The highest BCUT2D eigenvalue weighted by molar-refractivity contribution is 7.92. The van der Waals surface area contributed by atoms with Crippen molar-refractivity contribution in [2.75, 3.05) is 23.7 Å². The van der Waals surface area contributed by atoms with Crippen molar-refractivity contribution in [2.24, 2.45) is 0 Å². The van der Waals surface area contributed by atoms with E-state index in [2.05, 4.69) is 5.32 Å². The Bertz CT molecular complexity index is 1130. The van der Waals surface area contributed by atoms with Crippen molar-refractivity contribution in [2.45, 2.75) is 45.7 Å². The van der Waals surface area contributed by atoms with Gasteiger partial charge >= 0.3 is 0 Å². The Balaban J connectivity index is 2.41. The van der Waals surface area contributed by atoms with Gasteiger partial charge in [-0.3, -0.25) is 13.9 Å². The molecule has 1 N–H and O–H groups in total. The van der Waals surface area contributed by atoms with E-state index in [4.69, 9.17) is 0 Å². The van der Waals surface area contributed by atoms with E-state index >= 15 is 0 Å². The topological polar surface area (TPSA) is 86.8 Å². The summed E-state index contributed by atoms with van der Waals surface area (Å²) in [6.45, 7) is 3.25. The zero-order valence-electron chi connectivity index (χ0n) is 19.9. The van der Waals surface area contributed by atoms with Gasteiger partial charge in [0.05, 0.1) is 11.9 Å². The van der Waals surface area contributed by atoms with Crippen LogP contribution in [0.1, 0.15) is 38.7 Å². The van der Waals surface area contributed by atoms with Crippen molar-refractivity contribution >= 4 is 27.5 Å². The second-order valence-electron chi connectivity index (χ2n) is 8.08. The van der Waals surface area contributed by atoms with Crippen LogP contribution >= 0.6 is 0 Å². The summed E-state index contributed by atoms with van der Waals surface area (Å²) in [6.07, 6.45) is 2.66. The average molecular weight is 514 g/mol. The van der Waals surface area contributed by atoms with Crippen LogP contribution in [-0.2, 0) is 26.2 Å². The minimum atomic E-state index is -4.08. The second kappa shape index (κ2) is 12.6. The number of anilines is 1. The van der Waals surface area contributed by atoms with E-state index < -0.39 is 51.9 Å². The number of hydrogen-bond donors (Lipinski definition) is 1. The van der Waals surface area contributed by atoms with E-state index in [-0.39, 0.29) is 18.7 Å². The molecule has 2 rings (SSSR count). The Kier molecular flexibility index (Phi) is 10.1. The third-order valence-corrected chi connectivity index (χ3v) is 6.49. The summed E-state index contributed by atoms with van der Waals surface area (Å²) >= 11 is 0. The Morgan fingerprint density at radius 2 is 1.66 bits per heavy atom. The number of hydrogen-bond acceptors (Lipinski definition) is 4. The van der Waals surface area contributed by atoms with Crippen molar-refractivity contribution in [3.63, 3.8) is 0 Å². The van der Waals surface area contributed by atoms with Crippen LogP contribution in [0.15, 0.2) is 42.5 Å². The van der Waals surface area contributed by atoms with Crippen LogP contribution in [-0.4, -0.2) is 50.5 Å². The lowest BCUT2D eigenvalue weighted by molar-refractivity contribution is -0.140. The molecule has 0 aliphatic carbocycles. The smallest absolute Gasteiger partial charge is 0.244 e. The number of benzene rings is 2. The molecule has 0 aliphatic rings. The van der Waals surface area contributed by atoms with E-state index in [1.165, 1.54) is 29.2 Å². The normalized spacial score (nSPS) is 12.2. The quantitative estimate of drug-likeness (QED) is 0.440. The molecule has 11 heteroatoms. The minimum Gasteiger partial charge on any atom is -0.354 e. The van der Waals surface area contributed by atoms with E-state index in [1.807, 2.05) is 6.92 Å². The molecule has 2 aromatic carbocycles. The lowest BCUT2D eigenvalue weighted by atomic mass is 10.1. The fourth-order valence-corrected chi connectivity index (χ4v) is 4.31. The SMILES string of the molecule is CCCCNC(=O)[C@@H](CC)N(Cc1ccc(F)cc1)C(=O)CN(c1ccc(F)c(F)c1)S(C)(=O)=O. The van der Waals surface area contributed by atoms with Gasteiger partial charge in [0.2, 0.25) is 21.8 Å². The lowest BCUT2D eigenvalue weighted by Gasteiger charge is -2.33. The molecule has 2 aromatic rings. The standard InChI is InChI=1S/C24H30F3N3O4S/c1-4-6-13-28-24(32)22(5-2)29(15-17-7-9-18(25)10-8-17)23(31)16-30(35(3,33)34)19-11-12-20(26)21(27)14-19/h7-12,14,22H,4-6,13,15-16H2,1-3H3,(H,28,32)/t22-/m1/s1. The molecule has 0 unspecified atom stereocenters. The number of unbranched alkanes of at least 4 members (excludes halogenated alkanes) is 1. The summed E-state index contributed by atoms with van der Waals surface area (Å²) in [7, 11) is -4.08. The van der Waals surface area contributed by atoms with Gasteiger partial charge in [-0.05, 0) is 42.7 Å². The molecule has 1 atom stereocenters. The van der Waals surface area contributed by atoms with E-state index in [1.54, 1.807) is 6.92 Å². The first-order valence-electron chi connectivity index (χ1n) is 11.2. The molecule has 0 fully saturated rings. The number of halogens is 3. The van der Waals surface area contributed by atoms with Gasteiger partial charge in [0.1, 0.15) is 18.4 Å². The maximum Gasteiger partial charge on any atom is 0.244 e. The van der Waals surface area contributed by atoms with Gasteiger partial charge in [0, 0.05) is 19.2 Å². The fourth-order valence-electron chi connectivity index (χ4n) is 3.47. The molecule has 0 bridgehead atoms. The van der Waals surface area contributed by atoms with E-state index in [0.29, 0.717) is 22.5 Å². The Morgan fingerprint density at radius 1 is 1.00 bits per heavy atom. The minimum absolute atomic E-state index is 0.0891. The molecule has 0 spiro atoms. The molecule has 7 nitrogen and oxygen atoms in total. The van der Waals surface area contributed by atoms with Crippen molar-refractivity contribution in [3.05, 3.63) is 65.5 Å². The lowest BCUT2D eigenvalue weighted by Crippen LogP contribution is -2.52. The van der Waals surface area contributed by atoms with Gasteiger partial charge in [-0.25, -0.2) is 21.6 Å². The number of sulfonamides is 1. The van der Waals surface area contributed by atoms with Gasteiger partial charge < -0.3 is 10.2 Å². The Labute approximate surface area is 204 Å². The summed E-state index contributed by atoms with van der Waals surface area (Å²) < 4.78 is 66.1. The highest BCUT2D eigenvalue weighted by atomic mass is 32.2. The molecule has 0 saturated carbocycles. The van der Waals surface area contributed by atoms with Crippen molar-refractivity contribution in [1.82, 2.24) is 10.2 Å². The third-order valence-electron chi connectivity index (χ3n) is 5.35. The Morgan fingerprint density at radius 3 is 2.20 bits per heavy atom. The monoisotopic (exact) mass is 513 g/mol. The van der Waals surface area contributed by atoms with Crippen LogP contribution in [0, 0.1) is 17.5 Å². The summed E-state index contributed by atoms with van der Waals surface area (Å²) in [5.41, 5.74) is 0.292. The van der Waals surface area contributed by atoms with Crippen molar-refractivity contribution in [3.8, 4) is 0 Å². The average Bonchev–Trinajstić information content (AvgIpc) is 2.80. The van der Waals surface area contributed by atoms with Crippen molar-refractivity contribution < 1.29 is 31.2 Å². The predicted molar refractivity (Wildman–Crippen MR) is 127 cm³/mol. The van der Waals surface area contributed by atoms with Crippen LogP contribution < -0.4 is 9.62 Å². The number of rotatable bonds is 12. The van der Waals surface area contributed by atoms with Crippen LogP contribution in [0.4, 0.5) is 18.9 Å². The molecule has 0 saturated heterocycles. The van der Waals surface area contributed by atoms with Gasteiger partial charge in [-0.1, -0.05) is 32.4 Å². The zero-order valence-corrected chi connectivity index (χ0v) is 20.7. The molecular formula is C24H30F3N3O4S. The van der Waals surface area contributed by atoms with E-state index in [9.17, 15) is 31.2 Å². The second-order valence-corrected chi connectivity index (χ2v) is 9.99. The van der Waals surface area contributed by atoms with Gasteiger partial charge in [0.15, 0.2) is 11.6 Å². The fraction of sp³-hybridized carbons (Fsp3) is 0.417. The largest absolute Gasteiger partial charge is 0.354 e. The number of nitrogens with zero attached hydrogens (tertiary/aromatic N) is 2. The zero-order chi connectivity index (χ0) is 26.2. The highest BCUT2D eigenvalue weighted by Gasteiger charge is 2.31. The third kappa shape index (κ3) is 7.98. The maximum absolute atomic E-state index is 13.8. The highest BCUT2D eigenvalue weighted by Crippen LogP contribution is 2.22. The molecule has 0 heterocycles. The summed E-state index contributed by atoms with van der Waals surface area (Å²) in [5, 5.41) is 2.78. The molecule has 0 aromatic heterocycles. The van der Waals surface area contributed by atoms with Crippen LogP contribution in [0.3, 0.4) is 0 Å². The van der Waals surface area contributed by atoms with Gasteiger partial charge in [-0.15, -0.1) is 0 Å². The van der Waals surface area contributed by atoms with E-state index in [0.717, 1.165) is 31.2 Å². The summed E-state index contributed by atoms with van der Waals surface area (Å²) in [4.78, 5) is 27.5. The number of amides is 2. The summed E-state index contributed by atoms with van der Waals surface area (Å²) in [6, 6.07) is 6.90. The molecule has 35 heavy (non-hydrogen) atoms. The first-order valence-corrected chi connectivity index (χ1v) is 13.1. The first kappa shape index (κ1) is 28.2. The number of carbonyl (C=O) groups is 2. The summed E-state index contributed by atoms with van der Waals surface area (Å²) in [5.74, 6) is -4.05. The van der Waals surface area contributed by atoms with Crippen molar-refractivity contribution in [1.29, 1.82) is 0 Å². The Hall–Kier alpha value is -3.08. The van der Waals surface area contributed by atoms with Crippen LogP contribution in [0.25, 0.3) is 0 Å². The van der Waals surface area contributed by atoms with Crippen LogP contribution in [0.2, 0.25) is 0 Å². The maximum atomic E-state index is 13.8. The predicted octanol–water partition coefficient (Wildman–Crippen LogP) is 3.59. The number of nitrogens with one attached hydrogen (secondary N) is 1. The number of carbonyl (C=O) groups excluding carboxylic acids is 2. The van der Waals surface area contributed by atoms with Crippen LogP contribution in [0.5, 0.6) is 0 Å². The molecular weight excluding hydrogens is 483 g/mol. The molecule has 2 amide bonds. The molecule has 0 aliphatic heterocycles.